The standard InChI is InChI=1S/C13H18N2O4/c1-17-8-6-9(18-2)11(10(7-8)19-3)13(4-5-13)12(16)15-14/h6-7H,4-5,14H2,1-3H3,(H,15,16). The van der Waals surface area contributed by atoms with E-state index in [2.05, 4.69) is 5.43 Å². The number of ether oxygens (including phenoxy) is 3. The van der Waals surface area contributed by atoms with Crippen molar-refractivity contribution >= 4 is 5.91 Å². The second kappa shape index (κ2) is 4.97. The van der Waals surface area contributed by atoms with Crippen molar-refractivity contribution in [3.8, 4) is 17.2 Å². The van der Waals surface area contributed by atoms with Crippen LogP contribution in [0.4, 0.5) is 0 Å². The van der Waals surface area contributed by atoms with Gasteiger partial charge in [0.15, 0.2) is 0 Å². The first kappa shape index (κ1) is 13.5. The second-order valence-electron chi connectivity index (χ2n) is 4.46. The molecule has 0 radical (unpaired) electrons. The molecule has 104 valence electrons. The van der Waals surface area contributed by atoms with Crippen molar-refractivity contribution in [3.63, 3.8) is 0 Å². The minimum atomic E-state index is -0.655. The van der Waals surface area contributed by atoms with E-state index >= 15 is 0 Å². The molecular weight excluding hydrogens is 248 g/mol. The largest absolute Gasteiger partial charge is 0.496 e. The zero-order valence-corrected chi connectivity index (χ0v) is 11.3. The van der Waals surface area contributed by atoms with Crippen molar-refractivity contribution < 1.29 is 19.0 Å². The molecule has 1 aromatic carbocycles. The number of amides is 1. The van der Waals surface area contributed by atoms with E-state index in [-0.39, 0.29) is 5.91 Å². The lowest BCUT2D eigenvalue weighted by Crippen LogP contribution is -2.39. The molecule has 1 fully saturated rings. The summed E-state index contributed by atoms with van der Waals surface area (Å²) in [5.41, 5.74) is 2.28. The summed E-state index contributed by atoms with van der Waals surface area (Å²) in [6.07, 6.45) is 1.43. The third-order valence-electron chi connectivity index (χ3n) is 3.51. The summed E-state index contributed by atoms with van der Waals surface area (Å²) in [6.45, 7) is 0. The van der Waals surface area contributed by atoms with Crippen LogP contribution in [0.5, 0.6) is 17.2 Å². The summed E-state index contributed by atoms with van der Waals surface area (Å²) in [7, 11) is 4.66. The molecule has 0 unspecified atom stereocenters. The highest BCUT2D eigenvalue weighted by Gasteiger charge is 2.54. The number of hydrazine groups is 1. The van der Waals surface area contributed by atoms with Crippen molar-refractivity contribution in [2.24, 2.45) is 5.84 Å². The zero-order chi connectivity index (χ0) is 14.0. The van der Waals surface area contributed by atoms with Crippen LogP contribution >= 0.6 is 0 Å². The Balaban J connectivity index is 2.58. The first-order valence-corrected chi connectivity index (χ1v) is 5.94. The molecule has 1 saturated carbocycles. The number of rotatable bonds is 5. The highest BCUT2D eigenvalue weighted by Crippen LogP contribution is 2.55. The molecule has 0 aliphatic heterocycles. The Morgan fingerprint density at radius 2 is 1.68 bits per heavy atom. The summed E-state index contributed by atoms with van der Waals surface area (Å²) >= 11 is 0. The third-order valence-corrected chi connectivity index (χ3v) is 3.51. The summed E-state index contributed by atoms with van der Waals surface area (Å²) in [6, 6.07) is 3.48. The highest BCUT2D eigenvalue weighted by atomic mass is 16.5. The van der Waals surface area contributed by atoms with E-state index in [9.17, 15) is 4.79 Å². The number of carbonyl (C=O) groups excluding carboxylic acids is 1. The van der Waals surface area contributed by atoms with E-state index in [1.54, 1.807) is 33.5 Å². The third kappa shape index (κ3) is 2.08. The van der Waals surface area contributed by atoms with Crippen LogP contribution in [0.1, 0.15) is 18.4 Å². The molecule has 0 saturated heterocycles. The Labute approximate surface area is 111 Å². The van der Waals surface area contributed by atoms with Crippen molar-refractivity contribution in [3.05, 3.63) is 17.7 Å². The Hall–Kier alpha value is -1.95. The van der Waals surface area contributed by atoms with Crippen LogP contribution in [-0.2, 0) is 10.2 Å². The molecule has 1 aliphatic rings. The monoisotopic (exact) mass is 266 g/mol. The van der Waals surface area contributed by atoms with Gasteiger partial charge in [0.1, 0.15) is 17.2 Å². The number of methoxy groups -OCH3 is 3. The van der Waals surface area contributed by atoms with Crippen LogP contribution in [0.15, 0.2) is 12.1 Å². The van der Waals surface area contributed by atoms with E-state index < -0.39 is 5.41 Å². The highest BCUT2D eigenvalue weighted by molar-refractivity contribution is 5.92. The van der Waals surface area contributed by atoms with Crippen LogP contribution < -0.4 is 25.5 Å². The van der Waals surface area contributed by atoms with Gasteiger partial charge in [-0.2, -0.15) is 0 Å². The number of benzene rings is 1. The summed E-state index contributed by atoms with van der Waals surface area (Å²) in [5, 5.41) is 0. The maximum Gasteiger partial charge on any atom is 0.244 e. The maximum atomic E-state index is 12.0. The van der Waals surface area contributed by atoms with Gasteiger partial charge < -0.3 is 14.2 Å². The smallest absolute Gasteiger partial charge is 0.244 e. The molecule has 1 aliphatic carbocycles. The number of hydrogen-bond acceptors (Lipinski definition) is 5. The Morgan fingerprint density at radius 1 is 1.16 bits per heavy atom. The molecule has 6 heteroatoms. The lowest BCUT2D eigenvalue weighted by molar-refractivity contribution is -0.123. The van der Waals surface area contributed by atoms with Gasteiger partial charge in [-0.25, -0.2) is 5.84 Å². The average molecular weight is 266 g/mol. The molecule has 1 aromatic rings. The number of carbonyl (C=O) groups is 1. The van der Waals surface area contributed by atoms with Gasteiger partial charge >= 0.3 is 0 Å². The molecule has 0 bridgehead atoms. The number of nitrogens with one attached hydrogen (secondary N) is 1. The fourth-order valence-electron chi connectivity index (χ4n) is 2.33. The topological polar surface area (TPSA) is 82.8 Å². The number of hydrogen-bond donors (Lipinski definition) is 2. The van der Waals surface area contributed by atoms with Crippen LogP contribution in [0.2, 0.25) is 0 Å². The molecular formula is C13H18N2O4. The summed E-state index contributed by atoms with van der Waals surface area (Å²) in [4.78, 5) is 12.0. The van der Waals surface area contributed by atoms with Gasteiger partial charge in [0.2, 0.25) is 5.91 Å². The molecule has 0 spiro atoms. The van der Waals surface area contributed by atoms with Crippen LogP contribution in [0, 0.1) is 0 Å². The average Bonchev–Trinajstić information content (AvgIpc) is 3.26. The lowest BCUT2D eigenvalue weighted by atomic mass is 9.92. The second-order valence-corrected chi connectivity index (χ2v) is 4.46. The zero-order valence-electron chi connectivity index (χ0n) is 11.3. The first-order valence-electron chi connectivity index (χ1n) is 5.94. The molecule has 0 aromatic heterocycles. The van der Waals surface area contributed by atoms with Gasteiger partial charge in [-0.15, -0.1) is 0 Å². The van der Waals surface area contributed by atoms with Crippen molar-refractivity contribution in [2.75, 3.05) is 21.3 Å². The first-order chi connectivity index (χ1) is 9.12. The molecule has 19 heavy (non-hydrogen) atoms. The molecule has 0 atom stereocenters. The molecule has 3 N–H and O–H groups in total. The molecule has 1 amide bonds. The Bertz CT molecular complexity index is 472. The van der Waals surface area contributed by atoms with E-state index in [0.717, 1.165) is 18.4 Å². The number of nitrogens with two attached hydrogens (primary N) is 1. The Kier molecular flexibility index (Phi) is 3.53. The summed E-state index contributed by atoms with van der Waals surface area (Å²) in [5.74, 6) is 6.79. The Morgan fingerprint density at radius 3 is 2.00 bits per heavy atom. The minimum Gasteiger partial charge on any atom is -0.496 e. The van der Waals surface area contributed by atoms with Gasteiger partial charge in [0.05, 0.1) is 32.3 Å². The van der Waals surface area contributed by atoms with Crippen molar-refractivity contribution in [1.82, 2.24) is 5.43 Å². The quantitative estimate of drug-likeness (QED) is 0.466. The van der Waals surface area contributed by atoms with E-state index in [4.69, 9.17) is 20.1 Å². The van der Waals surface area contributed by atoms with Gasteiger partial charge in [0.25, 0.3) is 0 Å². The minimum absolute atomic E-state index is 0.228. The van der Waals surface area contributed by atoms with Gasteiger partial charge in [-0.1, -0.05) is 0 Å². The summed E-state index contributed by atoms with van der Waals surface area (Å²) < 4.78 is 15.9. The van der Waals surface area contributed by atoms with Crippen LogP contribution in [0.3, 0.4) is 0 Å². The normalized spacial score (nSPS) is 15.6. The van der Waals surface area contributed by atoms with Gasteiger partial charge in [-0.3, -0.25) is 10.2 Å². The molecule has 0 heterocycles. The fourth-order valence-corrected chi connectivity index (χ4v) is 2.33. The molecule has 2 rings (SSSR count). The maximum absolute atomic E-state index is 12.0. The van der Waals surface area contributed by atoms with E-state index in [1.165, 1.54) is 0 Å². The van der Waals surface area contributed by atoms with Crippen LogP contribution in [0.25, 0.3) is 0 Å². The van der Waals surface area contributed by atoms with Gasteiger partial charge in [-0.05, 0) is 12.8 Å². The van der Waals surface area contributed by atoms with Gasteiger partial charge in [0, 0.05) is 12.1 Å². The SMILES string of the molecule is COc1cc(OC)c(C2(C(=O)NN)CC2)c(OC)c1. The predicted molar refractivity (Wildman–Crippen MR) is 69.3 cm³/mol. The van der Waals surface area contributed by atoms with Crippen LogP contribution in [-0.4, -0.2) is 27.2 Å². The van der Waals surface area contributed by atoms with Crippen molar-refractivity contribution in [1.29, 1.82) is 0 Å². The molecule has 6 nitrogen and oxygen atoms in total. The lowest BCUT2D eigenvalue weighted by Gasteiger charge is -2.21. The van der Waals surface area contributed by atoms with Crippen molar-refractivity contribution in [2.45, 2.75) is 18.3 Å². The fraction of sp³-hybridized carbons (Fsp3) is 0.462. The predicted octanol–water partition coefficient (Wildman–Crippen LogP) is 0.734. The van der Waals surface area contributed by atoms with E-state index in [1.807, 2.05) is 0 Å². The van der Waals surface area contributed by atoms with E-state index in [0.29, 0.717) is 17.2 Å².